The maximum absolute atomic E-state index is 9.63. The minimum atomic E-state index is 0.260. The van der Waals surface area contributed by atoms with Gasteiger partial charge in [-0.05, 0) is 80.5 Å². The Morgan fingerprint density at radius 1 is 1.08 bits per heavy atom. The maximum Gasteiger partial charge on any atom is 0.157 e. The maximum atomic E-state index is 9.63. The lowest BCUT2D eigenvalue weighted by atomic mass is 9.91. The first-order valence-corrected chi connectivity index (χ1v) is 8.32. The number of fused-ring (bicyclic) bond motifs is 1. The van der Waals surface area contributed by atoms with Crippen molar-refractivity contribution >= 4 is 5.82 Å². The number of aryl methyl sites for hydroxylation is 2. The summed E-state index contributed by atoms with van der Waals surface area (Å²) in [6.45, 7) is 3.85. The molecule has 2 aromatic heterocycles. The molecule has 0 amide bonds. The highest BCUT2D eigenvalue weighted by molar-refractivity contribution is 5.76. The number of hydrogen-bond acceptors (Lipinski definition) is 4. The Bertz CT molecular complexity index is 884. The molecule has 1 aliphatic rings. The van der Waals surface area contributed by atoms with Gasteiger partial charge in [-0.2, -0.15) is 0 Å². The number of anilines is 1. The minimum Gasteiger partial charge on any atom is -0.508 e. The number of nitrogens with two attached hydrogens (primary N) is 1. The van der Waals surface area contributed by atoms with Gasteiger partial charge in [-0.1, -0.05) is 5.16 Å². The van der Waals surface area contributed by atoms with E-state index in [4.69, 9.17) is 10.3 Å². The van der Waals surface area contributed by atoms with Crippen molar-refractivity contribution in [3.8, 4) is 22.7 Å². The second-order valence-electron chi connectivity index (χ2n) is 6.45. The number of aromatic hydroxyl groups is 1. The van der Waals surface area contributed by atoms with Gasteiger partial charge in [-0.25, -0.2) is 0 Å². The topological polar surface area (TPSA) is 77.2 Å². The van der Waals surface area contributed by atoms with Crippen molar-refractivity contribution in [3.05, 3.63) is 46.8 Å². The van der Waals surface area contributed by atoms with E-state index in [9.17, 15) is 5.11 Å². The lowest BCUT2D eigenvalue weighted by Gasteiger charge is -2.14. The van der Waals surface area contributed by atoms with Crippen molar-refractivity contribution in [2.24, 2.45) is 0 Å². The van der Waals surface area contributed by atoms with Gasteiger partial charge >= 0.3 is 0 Å². The van der Waals surface area contributed by atoms with Crippen LogP contribution < -0.4 is 5.73 Å². The smallest absolute Gasteiger partial charge is 0.157 e. The number of hydrogen-bond donors (Lipinski definition) is 2. The summed E-state index contributed by atoms with van der Waals surface area (Å²) in [5.41, 5.74) is 13.0. The first-order chi connectivity index (χ1) is 11.6. The number of aromatic nitrogens is 2. The highest BCUT2D eigenvalue weighted by Gasteiger charge is 2.27. The Hall–Kier alpha value is -2.69. The summed E-state index contributed by atoms with van der Waals surface area (Å²) >= 11 is 0. The van der Waals surface area contributed by atoms with Crippen LogP contribution in [0.25, 0.3) is 16.9 Å². The van der Waals surface area contributed by atoms with E-state index in [-0.39, 0.29) is 5.75 Å². The van der Waals surface area contributed by atoms with E-state index in [0.717, 1.165) is 53.5 Å². The van der Waals surface area contributed by atoms with Gasteiger partial charge in [0.2, 0.25) is 0 Å². The van der Waals surface area contributed by atoms with Gasteiger partial charge in [0.25, 0.3) is 0 Å². The fraction of sp³-hybridized carbons (Fsp3) is 0.316. The van der Waals surface area contributed by atoms with Crippen molar-refractivity contribution in [1.82, 2.24) is 9.72 Å². The van der Waals surface area contributed by atoms with Crippen LogP contribution in [-0.4, -0.2) is 14.8 Å². The monoisotopic (exact) mass is 323 g/mol. The number of benzene rings is 1. The molecule has 5 nitrogen and oxygen atoms in total. The third-order valence-electron chi connectivity index (χ3n) is 4.89. The van der Waals surface area contributed by atoms with Gasteiger partial charge in [0.05, 0.1) is 5.69 Å². The average Bonchev–Trinajstić information content (AvgIpc) is 3.06. The third-order valence-corrected chi connectivity index (χ3v) is 4.89. The molecule has 0 unspecified atom stereocenters. The number of nitrogen functional groups attached to an aromatic ring is 1. The van der Waals surface area contributed by atoms with Crippen LogP contribution in [-0.2, 0) is 12.8 Å². The van der Waals surface area contributed by atoms with Crippen LogP contribution in [0.3, 0.4) is 0 Å². The average molecular weight is 323 g/mol. The van der Waals surface area contributed by atoms with Crippen molar-refractivity contribution < 1.29 is 9.63 Å². The number of phenols is 1. The Morgan fingerprint density at radius 3 is 2.38 bits per heavy atom. The van der Waals surface area contributed by atoms with E-state index in [0.29, 0.717) is 0 Å². The first-order valence-electron chi connectivity index (χ1n) is 8.32. The molecule has 0 radical (unpaired) electrons. The van der Waals surface area contributed by atoms with Crippen LogP contribution >= 0.6 is 0 Å². The fourth-order valence-corrected chi connectivity index (χ4v) is 3.79. The molecule has 0 atom stereocenters. The molecule has 1 aliphatic carbocycles. The van der Waals surface area contributed by atoms with E-state index in [2.05, 4.69) is 9.72 Å². The van der Waals surface area contributed by atoms with Gasteiger partial charge < -0.3 is 15.4 Å². The molecule has 0 bridgehead atoms. The SMILES string of the molecule is Cc1noc(C)c1-n1c(N)c2c(c1-c1ccc(O)cc1)CCCC2. The largest absolute Gasteiger partial charge is 0.508 e. The Balaban J connectivity index is 2.05. The lowest BCUT2D eigenvalue weighted by Crippen LogP contribution is -2.05. The zero-order valence-corrected chi connectivity index (χ0v) is 14.0. The zero-order chi connectivity index (χ0) is 16.8. The molecular weight excluding hydrogens is 302 g/mol. The van der Waals surface area contributed by atoms with Gasteiger partial charge in [0, 0.05) is 0 Å². The molecule has 124 valence electrons. The van der Waals surface area contributed by atoms with Crippen LogP contribution in [0.5, 0.6) is 5.75 Å². The second kappa shape index (κ2) is 5.44. The normalized spacial score (nSPS) is 13.9. The Kier molecular flexibility index (Phi) is 3.37. The van der Waals surface area contributed by atoms with Crippen LogP contribution in [0, 0.1) is 13.8 Å². The minimum absolute atomic E-state index is 0.260. The summed E-state index contributed by atoms with van der Waals surface area (Å²) in [5.74, 6) is 1.80. The van der Waals surface area contributed by atoms with Gasteiger partial charge in [0.15, 0.2) is 5.76 Å². The second-order valence-corrected chi connectivity index (χ2v) is 6.45. The summed E-state index contributed by atoms with van der Waals surface area (Å²) in [7, 11) is 0. The van der Waals surface area contributed by atoms with Crippen molar-refractivity contribution in [1.29, 1.82) is 0 Å². The molecular formula is C19H21N3O2. The summed E-state index contributed by atoms with van der Waals surface area (Å²) in [5, 5.41) is 13.7. The van der Waals surface area contributed by atoms with Crippen molar-refractivity contribution in [2.75, 3.05) is 5.73 Å². The molecule has 0 aliphatic heterocycles. The molecule has 3 aromatic rings. The van der Waals surface area contributed by atoms with E-state index < -0.39 is 0 Å². The van der Waals surface area contributed by atoms with E-state index in [1.807, 2.05) is 26.0 Å². The van der Waals surface area contributed by atoms with Gasteiger partial charge in [-0.3, -0.25) is 4.57 Å². The Labute approximate surface area is 140 Å². The van der Waals surface area contributed by atoms with Crippen LogP contribution in [0.1, 0.15) is 35.4 Å². The zero-order valence-electron chi connectivity index (χ0n) is 14.0. The van der Waals surface area contributed by atoms with E-state index in [1.54, 1.807) is 12.1 Å². The van der Waals surface area contributed by atoms with Crippen LogP contribution in [0.4, 0.5) is 5.82 Å². The van der Waals surface area contributed by atoms with Crippen molar-refractivity contribution in [3.63, 3.8) is 0 Å². The number of phenolic OH excluding ortho intramolecular Hbond substituents is 1. The molecule has 3 N–H and O–H groups in total. The molecule has 5 heteroatoms. The standard InChI is InChI=1S/C19H21N3O2/c1-11-17(12(2)24-21-11)22-18(13-7-9-14(23)10-8-13)15-5-3-4-6-16(15)19(22)20/h7-10,23H,3-6,20H2,1-2H3. The number of rotatable bonds is 2. The fourth-order valence-electron chi connectivity index (χ4n) is 3.79. The highest BCUT2D eigenvalue weighted by Crippen LogP contribution is 2.41. The molecule has 0 fully saturated rings. The predicted molar refractivity (Wildman–Crippen MR) is 93.5 cm³/mol. The quantitative estimate of drug-likeness (QED) is 0.749. The van der Waals surface area contributed by atoms with Crippen LogP contribution in [0.15, 0.2) is 28.8 Å². The van der Waals surface area contributed by atoms with E-state index >= 15 is 0 Å². The summed E-state index contributed by atoms with van der Waals surface area (Å²) in [4.78, 5) is 0. The highest BCUT2D eigenvalue weighted by atomic mass is 16.5. The first kappa shape index (κ1) is 14.9. The molecule has 1 aromatic carbocycles. The van der Waals surface area contributed by atoms with Gasteiger partial charge in [-0.15, -0.1) is 0 Å². The summed E-state index contributed by atoms with van der Waals surface area (Å²) in [6, 6.07) is 7.30. The van der Waals surface area contributed by atoms with Gasteiger partial charge in [0.1, 0.15) is 22.9 Å². The van der Waals surface area contributed by atoms with E-state index in [1.165, 1.54) is 17.5 Å². The van der Waals surface area contributed by atoms with Crippen molar-refractivity contribution in [2.45, 2.75) is 39.5 Å². The summed E-state index contributed by atoms with van der Waals surface area (Å²) in [6.07, 6.45) is 4.36. The van der Waals surface area contributed by atoms with Crippen LogP contribution in [0.2, 0.25) is 0 Å². The predicted octanol–water partition coefficient (Wildman–Crippen LogP) is 3.92. The molecule has 24 heavy (non-hydrogen) atoms. The lowest BCUT2D eigenvalue weighted by molar-refractivity contribution is 0.393. The molecule has 0 saturated carbocycles. The Morgan fingerprint density at radius 2 is 1.75 bits per heavy atom. The molecule has 0 spiro atoms. The summed E-state index contributed by atoms with van der Waals surface area (Å²) < 4.78 is 7.47. The third kappa shape index (κ3) is 2.12. The number of nitrogens with zero attached hydrogens (tertiary/aromatic N) is 2. The molecule has 0 saturated heterocycles. The molecule has 2 heterocycles. The molecule has 4 rings (SSSR count).